The highest BCUT2D eigenvalue weighted by Gasteiger charge is 2.19. The molecule has 3 aromatic rings. The highest BCUT2D eigenvalue weighted by atomic mass is 32.2. The first-order valence-corrected chi connectivity index (χ1v) is 9.04. The van der Waals surface area contributed by atoms with Gasteiger partial charge in [-0.1, -0.05) is 11.2 Å². The van der Waals surface area contributed by atoms with Crippen molar-refractivity contribution < 1.29 is 18.7 Å². The SMILES string of the molecule is COc1cc(-c2oncc2-c2ccc(SC)c(N)c2)cc(OC)c1OC. The molecule has 0 spiro atoms. The molecule has 6 nitrogen and oxygen atoms in total. The number of thioether (sulfide) groups is 1. The molecule has 3 rings (SSSR count). The van der Waals surface area contributed by atoms with Crippen molar-refractivity contribution in [3.05, 3.63) is 36.5 Å². The van der Waals surface area contributed by atoms with Crippen LogP contribution < -0.4 is 19.9 Å². The minimum atomic E-state index is 0.522. The number of methoxy groups -OCH3 is 3. The number of anilines is 1. The van der Waals surface area contributed by atoms with Crippen LogP contribution in [0.3, 0.4) is 0 Å². The minimum absolute atomic E-state index is 0.522. The number of nitrogens with zero attached hydrogens (tertiary/aromatic N) is 1. The lowest BCUT2D eigenvalue weighted by atomic mass is 10.0. The van der Waals surface area contributed by atoms with Crippen LogP contribution >= 0.6 is 11.8 Å². The maximum atomic E-state index is 6.13. The van der Waals surface area contributed by atoms with Gasteiger partial charge in [-0.15, -0.1) is 11.8 Å². The molecule has 0 aliphatic rings. The summed E-state index contributed by atoms with van der Waals surface area (Å²) in [5.74, 6) is 2.21. The van der Waals surface area contributed by atoms with Crippen molar-refractivity contribution in [2.75, 3.05) is 33.3 Å². The molecule has 0 radical (unpaired) electrons. The van der Waals surface area contributed by atoms with E-state index < -0.39 is 0 Å². The van der Waals surface area contributed by atoms with Gasteiger partial charge in [-0.25, -0.2) is 0 Å². The highest BCUT2D eigenvalue weighted by Crippen LogP contribution is 2.43. The molecule has 26 heavy (non-hydrogen) atoms. The zero-order valence-electron chi connectivity index (χ0n) is 15.0. The Bertz CT molecular complexity index is 899. The number of nitrogens with two attached hydrogens (primary N) is 1. The Kier molecular flexibility index (Phi) is 5.27. The number of hydrogen-bond donors (Lipinski definition) is 1. The second kappa shape index (κ2) is 7.61. The van der Waals surface area contributed by atoms with Crippen LogP contribution in [0.15, 0.2) is 45.9 Å². The molecule has 2 aromatic carbocycles. The second-order valence-corrected chi connectivity index (χ2v) is 6.29. The Morgan fingerprint density at radius 2 is 1.65 bits per heavy atom. The molecule has 7 heteroatoms. The second-order valence-electron chi connectivity index (χ2n) is 5.44. The van der Waals surface area contributed by atoms with Gasteiger partial charge < -0.3 is 24.5 Å². The third-order valence-corrected chi connectivity index (χ3v) is 4.85. The van der Waals surface area contributed by atoms with Crippen LogP contribution in [0.25, 0.3) is 22.5 Å². The van der Waals surface area contributed by atoms with Gasteiger partial charge in [-0.05, 0) is 36.1 Å². The maximum absolute atomic E-state index is 6.13. The van der Waals surface area contributed by atoms with Crippen molar-refractivity contribution in [1.82, 2.24) is 5.16 Å². The van der Waals surface area contributed by atoms with Crippen molar-refractivity contribution in [2.45, 2.75) is 4.90 Å². The Morgan fingerprint density at radius 1 is 0.962 bits per heavy atom. The number of benzene rings is 2. The molecule has 0 fully saturated rings. The predicted molar refractivity (Wildman–Crippen MR) is 103 cm³/mol. The molecule has 0 amide bonds. The van der Waals surface area contributed by atoms with Gasteiger partial charge in [0, 0.05) is 21.7 Å². The molecule has 0 atom stereocenters. The van der Waals surface area contributed by atoms with E-state index in [1.165, 1.54) is 0 Å². The normalized spacial score (nSPS) is 10.6. The van der Waals surface area contributed by atoms with Gasteiger partial charge in [-0.2, -0.15) is 0 Å². The summed E-state index contributed by atoms with van der Waals surface area (Å²) in [7, 11) is 4.71. The fraction of sp³-hybridized carbons (Fsp3) is 0.211. The largest absolute Gasteiger partial charge is 0.493 e. The quantitative estimate of drug-likeness (QED) is 0.509. The van der Waals surface area contributed by atoms with E-state index in [1.807, 2.05) is 36.6 Å². The summed E-state index contributed by atoms with van der Waals surface area (Å²) in [5.41, 5.74) is 9.36. The van der Waals surface area contributed by atoms with Gasteiger partial charge in [0.1, 0.15) is 0 Å². The number of hydrogen-bond acceptors (Lipinski definition) is 7. The van der Waals surface area contributed by atoms with Gasteiger partial charge in [0.15, 0.2) is 17.3 Å². The average molecular weight is 372 g/mol. The van der Waals surface area contributed by atoms with Gasteiger partial charge in [0.2, 0.25) is 5.75 Å². The molecule has 0 saturated carbocycles. The van der Waals surface area contributed by atoms with Crippen LogP contribution in [0.1, 0.15) is 0 Å². The Labute approximate surface area is 156 Å². The molecule has 1 aromatic heterocycles. The summed E-state index contributed by atoms with van der Waals surface area (Å²) in [4.78, 5) is 1.03. The van der Waals surface area contributed by atoms with Crippen LogP contribution in [0.5, 0.6) is 17.2 Å². The summed E-state index contributed by atoms with van der Waals surface area (Å²) < 4.78 is 21.7. The van der Waals surface area contributed by atoms with Crippen LogP contribution in [0, 0.1) is 0 Å². The number of ether oxygens (including phenoxy) is 3. The first-order chi connectivity index (χ1) is 12.6. The minimum Gasteiger partial charge on any atom is -0.493 e. The van der Waals surface area contributed by atoms with Crippen molar-refractivity contribution in [3.63, 3.8) is 0 Å². The summed E-state index contributed by atoms with van der Waals surface area (Å²) in [6, 6.07) is 9.55. The number of rotatable bonds is 6. The van der Waals surface area contributed by atoms with Gasteiger partial charge in [0.25, 0.3) is 0 Å². The maximum Gasteiger partial charge on any atom is 0.203 e. The molecule has 0 saturated heterocycles. The Hall–Kier alpha value is -2.80. The summed E-state index contributed by atoms with van der Waals surface area (Å²) in [5, 5.41) is 3.97. The first-order valence-electron chi connectivity index (χ1n) is 7.81. The van der Waals surface area contributed by atoms with Crippen molar-refractivity contribution in [2.24, 2.45) is 0 Å². The number of nitrogen functional groups attached to an aromatic ring is 1. The third-order valence-electron chi connectivity index (χ3n) is 4.04. The van der Waals surface area contributed by atoms with Crippen molar-refractivity contribution >= 4 is 17.4 Å². The molecular weight excluding hydrogens is 352 g/mol. The average Bonchev–Trinajstić information content (AvgIpc) is 3.16. The van der Waals surface area contributed by atoms with Gasteiger partial charge in [-0.3, -0.25) is 0 Å². The van der Waals surface area contributed by atoms with Crippen LogP contribution in [0.2, 0.25) is 0 Å². The molecular formula is C19H20N2O4S. The summed E-state index contributed by atoms with van der Waals surface area (Å²) >= 11 is 1.60. The zero-order chi connectivity index (χ0) is 18.7. The van der Waals surface area contributed by atoms with E-state index in [0.29, 0.717) is 28.7 Å². The third kappa shape index (κ3) is 3.17. The lowest BCUT2D eigenvalue weighted by Gasteiger charge is -2.13. The fourth-order valence-corrected chi connectivity index (χ4v) is 3.27. The molecule has 136 valence electrons. The van der Waals surface area contributed by atoms with E-state index in [4.69, 9.17) is 24.5 Å². The van der Waals surface area contributed by atoms with E-state index in [1.54, 1.807) is 39.3 Å². The monoisotopic (exact) mass is 372 g/mol. The summed E-state index contributed by atoms with van der Waals surface area (Å²) in [6.07, 6.45) is 3.66. The van der Waals surface area contributed by atoms with E-state index in [0.717, 1.165) is 21.6 Å². The molecule has 1 heterocycles. The lowest BCUT2D eigenvalue weighted by molar-refractivity contribution is 0.324. The van der Waals surface area contributed by atoms with E-state index >= 15 is 0 Å². The van der Waals surface area contributed by atoms with E-state index in [9.17, 15) is 0 Å². The lowest BCUT2D eigenvalue weighted by Crippen LogP contribution is -1.96. The van der Waals surface area contributed by atoms with Gasteiger partial charge >= 0.3 is 0 Å². The zero-order valence-corrected chi connectivity index (χ0v) is 15.8. The standard InChI is InChI=1S/C19H20N2O4S/c1-22-15-8-12(9-16(23-2)19(15)24-3)18-13(10-21-25-18)11-5-6-17(26-4)14(20)7-11/h5-10H,20H2,1-4H3. The molecule has 2 N–H and O–H groups in total. The Morgan fingerprint density at radius 3 is 2.19 bits per heavy atom. The highest BCUT2D eigenvalue weighted by molar-refractivity contribution is 7.98. The fourth-order valence-electron chi connectivity index (χ4n) is 2.77. The van der Waals surface area contributed by atoms with Crippen LogP contribution in [-0.4, -0.2) is 32.7 Å². The molecule has 0 aliphatic heterocycles. The molecule has 0 unspecified atom stereocenters. The Balaban J connectivity index is 2.13. The van der Waals surface area contributed by atoms with Crippen LogP contribution in [-0.2, 0) is 0 Å². The van der Waals surface area contributed by atoms with Crippen molar-refractivity contribution in [1.29, 1.82) is 0 Å². The van der Waals surface area contributed by atoms with Gasteiger partial charge in [0.05, 0.1) is 27.5 Å². The smallest absolute Gasteiger partial charge is 0.203 e. The molecule has 0 bridgehead atoms. The van der Waals surface area contributed by atoms with E-state index in [-0.39, 0.29) is 0 Å². The van der Waals surface area contributed by atoms with Crippen molar-refractivity contribution in [3.8, 4) is 39.7 Å². The predicted octanol–water partition coefficient (Wildman–Crippen LogP) is 4.34. The summed E-state index contributed by atoms with van der Waals surface area (Å²) in [6.45, 7) is 0. The van der Waals surface area contributed by atoms with Crippen LogP contribution in [0.4, 0.5) is 5.69 Å². The first kappa shape index (κ1) is 18.0. The number of aromatic nitrogens is 1. The topological polar surface area (TPSA) is 79.7 Å². The molecule has 0 aliphatic carbocycles. The van der Waals surface area contributed by atoms with E-state index in [2.05, 4.69) is 5.16 Å².